The summed E-state index contributed by atoms with van der Waals surface area (Å²) < 4.78 is 0. The molecule has 0 saturated heterocycles. The minimum atomic E-state index is 0.243. The zero-order valence-corrected chi connectivity index (χ0v) is 14.4. The van der Waals surface area contributed by atoms with Crippen LogP contribution in [0, 0.1) is 0 Å². The van der Waals surface area contributed by atoms with E-state index in [1.165, 1.54) is 0 Å². The fraction of sp³-hybridized carbons (Fsp3) is 0.0500. The van der Waals surface area contributed by atoms with Gasteiger partial charge in [0.15, 0.2) is 0 Å². The number of aromatic nitrogens is 5. The van der Waals surface area contributed by atoms with E-state index in [4.69, 9.17) is 5.73 Å². The number of fused-ring (bicyclic) bond motifs is 2. The smallest absolute Gasteiger partial charge is 0.221 e. The van der Waals surface area contributed by atoms with Gasteiger partial charge < -0.3 is 16.0 Å². The van der Waals surface area contributed by atoms with Gasteiger partial charge in [-0.3, -0.25) is 5.10 Å². The van der Waals surface area contributed by atoms with Crippen molar-refractivity contribution in [2.45, 2.75) is 6.54 Å². The van der Waals surface area contributed by atoms with Crippen molar-refractivity contribution in [2.75, 3.05) is 11.1 Å². The maximum atomic E-state index is 5.85. The summed E-state index contributed by atoms with van der Waals surface area (Å²) in [5.74, 6) is 0.955. The summed E-state index contributed by atoms with van der Waals surface area (Å²) in [5.41, 5.74) is 11.0. The lowest BCUT2D eigenvalue weighted by Gasteiger charge is -2.12. The van der Waals surface area contributed by atoms with E-state index in [1.807, 2.05) is 30.6 Å². The lowest BCUT2D eigenvalue weighted by molar-refractivity contribution is 1.09. The lowest BCUT2D eigenvalue weighted by Crippen LogP contribution is -2.06. The Morgan fingerprint density at radius 2 is 1.96 bits per heavy atom. The number of nitrogens with two attached hydrogens (primary N) is 1. The molecule has 5 N–H and O–H groups in total. The lowest BCUT2D eigenvalue weighted by atomic mass is 10.0. The first kappa shape index (κ1) is 15.4. The quantitative estimate of drug-likeness (QED) is 0.393. The number of benzene rings is 2. The SMILES string of the molecule is Nc1ncc(-c2cccc3[nH]ccc23)c(NCc2ccc3[nH]ncc3c2)n1. The third kappa shape index (κ3) is 2.75. The highest BCUT2D eigenvalue weighted by molar-refractivity contribution is 5.97. The largest absolute Gasteiger partial charge is 0.368 e. The van der Waals surface area contributed by atoms with Crippen molar-refractivity contribution in [3.8, 4) is 11.1 Å². The molecule has 0 aliphatic carbocycles. The van der Waals surface area contributed by atoms with Gasteiger partial charge in [0.1, 0.15) is 5.82 Å². The zero-order chi connectivity index (χ0) is 18.2. The van der Waals surface area contributed by atoms with Crippen LogP contribution in [0.2, 0.25) is 0 Å². The molecular formula is C20H17N7. The summed E-state index contributed by atoms with van der Waals surface area (Å²) in [6, 6.07) is 14.4. The highest BCUT2D eigenvalue weighted by Gasteiger charge is 2.12. The molecule has 0 fully saturated rings. The number of hydrogen-bond acceptors (Lipinski definition) is 5. The molecule has 0 bridgehead atoms. The van der Waals surface area contributed by atoms with Crippen LogP contribution in [0.3, 0.4) is 0 Å². The highest BCUT2D eigenvalue weighted by atomic mass is 15.1. The Morgan fingerprint density at radius 3 is 2.93 bits per heavy atom. The second kappa shape index (κ2) is 6.14. The van der Waals surface area contributed by atoms with Crippen molar-refractivity contribution in [3.63, 3.8) is 0 Å². The number of aromatic amines is 2. The van der Waals surface area contributed by atoms with Gasteiger partial charge in [-0.25, -0.2) is 4.98 Å². The molecule has 7 nitrogen and oxygen atoms in total. The maximum absolute atomic E-state index is 5.85. The molecular weight excluding hydrogens is 338 g/mol. The first-order valence-electron chi connectivity index (χ1n) is 8.63. The van der Waals surface area contributed by atoms with Gasteiger partial charge in [-0.05, 0) is 35.4 Å². The van der Waals surface area contributed by atoms with E-state index < -0.39 is 0 Å². The van der Waals surface area contributed by atoms with Gasteiger partial charge in [-0.1, -0.05) is 18.2 Å². The van der Waals surface area contributed by atoms with Crippen LogP contribution in [0.5, 0.6) is 0 Å². The van der Waals surface area contributed by atoms with Crippen molar-refractivity contribution < 1.29 is 0 Å². The van der Waals surface area contributed by atoms with Gasteiger partial charge in [-0.15, -0.1) is 0 Å². The van der Waals surface area contributed by atoms with Crippen molar-refractivity contribution in [1.82, 2.24) is 25.1 Å². The summed E-state index contributed by atoms with van der Waals surface area (Å²) >= 11 is 0. The maximum Gasteiger partial charge on any atom is 0.221 e. The summed E-state index contributed by atoms with van der Waals surface area (Å²) in [7, 11) is 0. The van der Waals surface area contributed by atoms with Crippen LogP contribution in [0.1, 0.15) is 5.56 Å². The van der Waals surface area contributed by atoms with E-state index >= 15 is 0 Å². The molecule has 0 atom stereocenters. The van der Waals surface area contributed by atoms with Crippen LogP contribution in [0.25, 0.3) is 32.9 Å². The van der Waals surface area contributed by atoms with Gasteiger partial charge in [0, 0.05) is 40.8 Å². The minimum Gasteiger partial charge on any atom is -0.368 e. The normalized spacial score (nSPS) is 11.3. The number of H-pyrrole nitrogens is 2. The Kier molecular flexibility index (Phi) is 3.50. The summed E-state index contributed by atoms with van der Waals surface area (Å²) in [5, 5.41) is 12.6. The molecule has 7 heteroatoms. The highest BCUT2D eigenvalue weighted by Crippen LogP contribution is 2.32. The predicted molar refractivity (Wildman–Crippen MR) is 107 cm³/mol. The van der Waals surface area contributed by atoms with Gasteiger partial charge >= 0.3 is 0 Å². The standard InChI is InChI=1S/C20H17N7/c21-20-24-11-16(14-2-1-3-18-15(14)6-7-22-18)19(26-20)23-9-12-4-5-17-13(8-12)10-25-27-17/h1-8,10-11,22H,9H2,(H,25,27)(H3,21,23,24,26). The Morgan fingerprint density at radius 1 is 1.00 bits per heavy atom. The first-order valence-corrected chi connectivity index (χ1v) is 8.63. The van der Waals surface area contributed by atoms with E-state index in [2.05, 4.69) is 54.7 Å². The predicted octanol–water partition coefficient (Wildman–Crippen LogP) is 3.70. The molecule has 0 aliphatic rings. The summed E-state index contributed by atoms with van der Waals surface area (Å²) in [6.07, 6.45) is 5.52. The van der Waals surface area contributed by atoms with Crippen LogP contribution >= 0.6 is 0 Å². The average molecular weight is 355 g/mol. The summed E-state index contributed by atoms with van der Waals surface area (Å²) in [6.45, 7) is 0.619. The number of anilines is 2. The van der Waals surface area contributed by atoms with Gasteiger partial charge in [0.2, 0.25) is 5.95 Å². The van der Waals surface area contributed by atoms with Crippen molar-refractivity contribution >= 4 is 33.6 Å². The van der Waals surface area contributed by atoms with E-state index in [0.29, 0.717) is 12.4 Å². The Bertz CT molecular complexity index is 1250. The van der Waals surface area contributed by atoms with Crippen LogP contribution in [-0.2, 0) is 6.54 Å². The van der Waals surface area contributed by atoms with Gasteiger partial charge in [0.05, 0.1) is 11.7 Å². The topological polar surface area (TPSA) is 108 Å². The van der Waals surface area contributed by atoms with E-state index in [1.54, 1.807) is 6.20 Å². The second-order valence-corrected chi connectivity index (χ2v) is 6.38. The molecule has 5 aromatic rings. The molecule has 2 aromatic carbocycles. The molecule has 0 spiro atoms. The molecule has 0 amide bonds. The monoisotopic (exact) mass is 355 g/mol. The van der Waals surface area contributed by atoms with E-state index in [-0.39, 0.29) is 5.95 Å². The van der Waals surface area contributed by atoms with Gasteiger partial charge in [-0.2, -0.15) is 10.1 Å². The molecule has 5 rings (SSSR count). The molecule has 27 heavy (non-hydrogen) atoms. The average Bonchev–Trinajstić information content (AvgIpc) is 3.35. The van der Waals surface area contributed by atoms with Crippen LogP contribution in [-0.4, -0.2) is 25.1 Å². The molecule has 132 valence electrons. The molecule has 0 aliphatic heterocycles. The van der Waals surface area contributed by atoms with Crippen LogP contribution in [0.4, 0.5) is 11.8 Å². The first-order chi connectivity index (χ1) is 13.3. The van der Waals surface area contributed by atoms with Crippen molar-refractivity contribution in [2.24, 2.45) is 0 Å². The fourth-order valence-electron chi connectivity index (χ4n) is 3.34. The molecule has 3 heterocycles. The zero-order valence-electron chi connectivity index (χ0n) is 14.4. The number of nitrogen functional groups attached to an aromatic ring is 1. The van der Waals surface area contributed by atoms with Gasteiger partial charge in [0.25, 0.3) is 0 Å². The molecule has 0 saturated carbocycles. The Labute approximate surface area is 154 Å². The second-order valence-electron chi connectivity index (χ2n) is 6.38. The molecule has 0 radical (unpaired) electrons. The van der Waals surface area contributed by atoms with Crippen molar-refractivity contribution in [3.05, 3.63) is 66.6 Å². The number of nitrogens with one attached hydrogen (secondary N) is 3. The fourth-order valence-corrected chi connectivity index (χ4v) is 3.34. The minimum absolute atomic E-state index is 0.243. The van der Waals surface area contributed by atoms with Crippen molar-refractivity contribution in [1.29, 1.82) is 0 Å². The number of hydrogen-bond donors (Lipinski definition) is 4. The third-order valence-electron chi connectivity index (χ3n) is 4.66. The van der Waals surface area contributed by atoms with E-state index in [0.717, 1.165) is 38.5 Å². The number of nitrogens with zero attached hydrogens (tertiary/aromatic N) is 3. The molecule has 0 unspecified atom stereocenters. The Balaban J connectivity index is 1.52. The number of rotatable bonds is 4. The summed E-state index contributed by atoms with van der Waals surface area (Å²) in [4.78, 5) is 11.9. The van der Waals surface area contributed by atoms with Crippen LogP contribution < -0.4 is 11.1 Å². The molecule has 3 aromatic heterocycles. The van der Waals surface area contributed by atoms with Crippen LogP contribution in [0.15, 0.2) is 61.1 Å². The van der Waals surface area contributed by atoms with E-state index in [9.17, 15) is 0 Å². The Hall–Kier alpha value is -3.87. The third-order valence-corrected chi connectivity index (χ3v) is 4.66.